The number of carbonyl (C=O) groups is 1. The number of unbranched alkanes of at least 4 members (excludes halogenated alkanes) is 1. The fraction of sp³-hybridized carbons (Fsp3) is 0.588. The van der Waals surface area contributed by atoms with Crippen molar-refractivity contribution >= 4 is 5.97 Å². The summed E-state index contributed by atoms with van der Waals surface area (Å²) in [6.07, 6.45) is -0.688. The summed E-state index contributed by atoms with van der Waals surface area (Å²) in [5.74, 6) is -0.861. The average Bonchev–Trinajstić information content (AvgIpc) is 2.48. The predicted molar refractivity (Wildman–Crippen MR) is 83.3 cm³/mol. The molecule has 0 aromatic heterocycles. The number of nitrogens with one attached hydrogen (secondary N) is 1. The van der Waals surface area contributed by atoms with Crippen molar-refractivity contribution in [3.05, 3.63) is 35.4 Å². The summed E-state index contributed by atoms with van der Waals surface area (Å²) in [6, 6.07) is 4.51. The van der Waals surface area contributed by atoms with Crippen LogP contribution in [0.25, 0.3) is 0 Å². The van der Waals surface area contributed by atoms with Gasteiger partial charge < -0.3 is 10.4 Å². The predicted octanol–water partition coefficient (Wildman–Crippen LogP) is 4.26. The summed E-state index contributed by atoms with van der Waals surface area (Å²) >= 11 is 0. The van der Waals surface area contributed by atoms with Crippen molar-refractivity contribution in [2.45, 2.75) is 64.2 Å². The van der Waals surface area contributed by atoms with Gasteiger partial charge in [-0.2, -0.15) is 13.2 Å². The van der Waals surface area contributed by atoms with Crippen LogP contribution >= 0.6 is 0 Å². The van der Waals surface area contributed by atoms with Crippen molar-refractivity contribution in [1.29, 1.82) is 0 Å². The van der Waals surface area contributed by atoms with E-state index in [0.717, 1.165) is 30.5 Å². The second-order valence-electron chi connectivity index (χ2n) is 5.83. The van der Waals surface area contributed by atoms with Gasteiger partial charge in [-0.25, -0.2) is 0 Å². The molecule has 2 unspecified atom stereocenters. The Bertz CT molecular complexity index is 486. The molecule has 1 rings (SSSR count). The lowest BCUT2D eigenvalue weighted by atomic mass is 10.0. The van der Waals surface area contributed by atoms with Gasteiger partial charge in [-0.15, -0.1) is 0 Å². The van der Waals surface area contributed by atoms with Gasteiger partial charge in [0.25, 0.3) is 0 Å². The molecule has 23 heavy (non-hydrogen) atoms. The summed E-state index contributed by atoms with van der Waals surface area (Å²) in [4.78, 5) is 11.2. The maximum Gasteiger partial charge on any atom is 0.416 e. The summed E-state index contributed by atoms with van der Waals surface area (Å²) in [5.41, 5.74) is 0.157. The second kappa shape index (κ2) is 8.91. The van der Waals surface area contributed by atoms with Crippen molar-refractivity contribution in [2.24, 2.45) is 0 Å². The van der Waals surface area contributed by atoms with Crippen molar-refractivity contribution in [3.8, 4) is 0 Å². The topological polar surface area (TPSA) is 49.3 Å². The Hall–Kier alpha value is -1.56. The maximum absolute atomic E-state index is 12.5. The Morgan fingerprint density at radius 3 is 2.30 bits per heavy atom. The van der Waals surface area contributed by atoms with E-state index in [-0.39, 0.29) is 6.04 Å². The second-order valence-corrected chi connectivity index (χ2v) is 5.83. The van der Waals surface area contributed by atoms with E-state index >= 15 is 0 Å². The molecule has 0 spiro atoms. The summed E-state index contributed by atoms with van der Waals surface area (Å²) in [6.45, 7) is 3.90. The summed E-state index contributed by atoms with van der Waals surface area (Å²) in [7, 11) is 0. The first-order valence-corrected chi connectivity index (χ1v) is 7.89. The molecule has 3 nitrogen and oxygen atoms in total. The molecule has 0 saturated heterocycles. The van der Waals surface area contributed by atoms with Crippen LogP contribution in [-0.2, 0) is 17.4 Å². The van der Waals surface area contributed by atoms with Crippen LogP contribution < -0.4 is 5.32 Å². The first-order valence-electron chi connectivity index (χ1n) is 7.89. The number of alkyl halides is 3. The molecule has 0 aliphatic heterocycles. The highest BCUT2D eigenvalue weighted by Crippen LogP contribution is 2.29. The van der Waals surface area contributed by atoms with E-state index < -0.39 is 23.8 Å². The van der Waals surface area contributed by atoms with Gasteiger partial charge in [0.1, 0.15) is 6.04 Å². The molecule has 0 fully saturated rings. The number of carboxylic acids is 1. The minimum Gasteiger partial charge on any atom is -0.480 e. The number of benzene rings is 1. The quantitative estimate of drug-likeness (QED) is 0.711. The first-order chi connectivity index (χ1) is 10.7. The Balaban J connectivity index is 2.48. The van der Waals surface area contributed by atoms with Crippen molar-refractivity contribution in [1.82, 2.24) is 5.32 Å². The molecule has 0 heterocycles. The van der Waals surface area contributed by atoms with Crippen LogP contribution in [0.3, 0.4) is 0 Å². The number of carboxylic acid groups (broad SMARTS) is 1. The third kappa shape index (κ3) is 7.03. The minimum atomic E-state index is -4.32. The van der Waals surface area contributed by atoms with Crippen LogP contribution in [0.4, 0.5) is 13.2 Å². The Labute approximate surface area is 134 Å². The molecule has 0 saturated carbocycles. The normalized spacial score (nSPS) is 14.5. The van der Waals surface area contributed by atoms with E-state index in [0.29, 0.717) is 19.3 Å². The zero-order valence-corrected chi connectivity index (χ0v) is 13.5. The Kier molecular flexibility index (Phi) is 7.55. The summed E-state index contributed by atoms with van der Waals surface area (Å²) < 4.78 is 37.5. The highest BCUT2D eigenvalue weighted by atomic mass is 19.4. The van der Waals surface area contributed by atoms with Gasteiger partial charge in [0.2, 0.25) is 0 Å². The van der Waals surface area contributed by atoms with E-state index in [1.165, 1.54) is 12.1 Å². The van der Waals surface area contributed by atoms with Gasteiger partial charge in [-0.05, 0) is 43.9 Å². The van der Waals surface area contributed by atoms with Crippen LogP contribution in [0.15, 0.2) is 24.3 Å². The molecule has 1 aromatic carbocycles. The molecule has 0 amide bonds. The zero-order valence-electron chi connectivity index (χ0n) is 13.5. The van der Waals surface area contributed by atoms with Gasteiger partial charge in [0, 0.05) is 6.04 Å². The highest BCUT2D eigenvalue weighted by molar-refractivity contribution is 5.73. The van der Waals surface area contributed by atoms with Crippen LogP contribution in [-0.4, -0.2) is 23.2 Å². The molecule has 0 bridgehead atoms. The highest BCUT2D eigenvalue weighted by Gasteiger charge is 2.29. The third-order valence-electron chi connectivity index (χ3n) is 3.78. The van der Waals surface area contributed by atoms with Gasteiger partial charge in [0.15, 0.2) is 0 Å². The standard InChI is InChI=1S/C17H24F3NO2/c1-3-4-5-15(16(22)23)21-12(2)6-7-13-8-10-14(11-9-13)17(18,19)20/h8-12,15,21H,3-7H2,1-2H3,(H,22,23). The molecular formula is C17H24F3NO2. The molecular weight excluding hydrogens is 307 g/mol. The number of aliphatic carboxylic acids is 1. The smallest absolute Gasteiger partial charge is 0.416 e. The van der Waals surface area contributed by atoms with Crippen LogP contribution in [0.2, 0.25) is 0 Å². The Morgan fingerprint density at radius 1 is 1.22 bits per heavy atom. The Morgan fingerprint density at radius 2 is 1.83 bits per heavy atom. The van der Waals surface area contributed by atoms with E-state index in [9.17, 15) is 23.1 Å². The van der Waals surface area contributed by atoms with Crippen LogP contribution in [0, 0.1) is 0 Å². The van der Waals surface area contributed by atoms with Crippen molar-refractivity contribution in [2.75, 3.05) is 0 Å². The van der Waals surface area contributed by atoms with Gasteiger partial charge in [-0.3, -0.25) is 4.79 Å². The zero-order chi connectivity index (χ0) is 17.5. The van der Waals surface area contributed by atoms with Crippen LogP contribution in [0.1, 0.15) is 50.7 Å². The van der Waals surface area contributed by atoms with E-state index in [1.54, 1.807) is 0 Å². The fourth-order valence-electron chi connectivity index (χ4n) is 2.36. The number of hydrogen-bond acceptors (Lipinski definition) is 2. The molecule has 2 N–H and O–H groups in total. The largest absolute Gasteiger partial charge is 0.480 e. The maximum atomic E-state index is 12.5. The van der Waals surface area contributed by atoms with Crippen molar-refractivity contribution in [3.63, 3.8) is 0 Å². The average molecular weight is 331 g/mol. The molecule has 130 valence electrons. The minimum absolute atomic E-state index is 0.0183. The van der Waals surface area contributed by atoms with Gasteiger partial charge in [-0.1, -0.05) is 31.9 Å². The van der Waals surface area contributed by atoms with E-state index in [1.807, 2.05) is 13.8 Å². The lowest BCUT2D eigenvalue weighted by molar-refractivity contribution is -0.140. The van der Waals surface area contributed by atoms with Gasteiger partial charge in [0.05, 0.1) is 5.56 Å². The monoisotopic (exact) mass is 331 g/mol. The number of aryl methyl sites for hydroxylation is 1. The van der Waals surface area contributed by atoms with Crippen LogP contribution in [0.5, 0.6) is 0 Å². The lowest BCUT2D eigenvalue weighted by Gasteiger charge is -2.20. The van der Waals surface area contributed by atoms with E-state index in [2.05, 4.69) is 5.32 Å². The third-order valence-corrected chi connectivity index (χ3v) is 3.78. The molecule has 0 aliphatic carbocycles. The van der Waals surface area contributed by atoms with Crippen molar-refractivity contribution < 1.29 is 23.1 Å². The fourth-order valence-corrected chi connectivity index (χ4v) is 2.36. The summed E-state index contributed by atoms with van der Waals surface area (Å²) in [5, 5.41) is 12.2. The lowest BCUT2D eigenvalue weighted by Crippen LogP contribution is -2.42. The van der Waals surface area contributed by atoms with E-state index in [4.69, 9.17) is 0 Å². The number of halogens is 3. The number of rotatable bonds is 9. The molecule has 1 aromatic rings. The first kappa shape index (κ1) is 19.5. The molecule has 2 atom stereocenters. The molecule has 6 heteroatoms. The SMILES string of the molecule is CCCCC(NC(C)CCc1ccc(C(F)(F)F)cc1)C(=O)O. The molecule has 0 radical (unpaired) electrons. The number of hydrogen-bond donors (Lipinski definition) is 2. The van der Waals surface area contributed by atoms with Gasteiger partial charge >= 0.3 is 12.1 Å². The molecule has 0 aliphatic rings.